The number of amides is 1. The molecule has 2 N–H and O–H groups in total. The third-order valence-electron chi connectivity index (χ3n) is 4.37. The molecular formula is C17H18N6O. The number of nitrogens with one attached hydrogen (secondary N) is 2. The molecule has 2 heterocycles. The number of allylic oxidation sites excluding steroid dienone is 1. The van der Waals surface area contributed by atoms with E-state index in [2.05, 4.69) is 38.1 Å². The Hall–Kier alpha value is -2.96. The Morgan fingerprint density at radius 3 is 3.08 bits per heavy atom. The summed E-state index contributed by atoms with van der Waals surface area (Å²) in [6.45, 7) is 1.06. The number of para-hydroxylation sites is 1. The van der Waals surface area contributed by atoms with Crippen LogP contribution in [0, 0.1) is 5.92 Å². The Morgan fingerprint density at radius 1 is 1.38 bits per heavy atom. The number of hydrogen-bond acceptors (Lipinski definition) is 4. The molecule has 0 saturated heterocycles. The van der Waals surface area contributed by atoms with E-state index in [-0.39, 0.29) is 5.91 Å². The number of rotatable bonds is 5. The number of carbonyl (C=O) groups is 1. The molecule has 1 amide bonds. The minimum Gasteiger partial charge on any atom is -0.350 e. The first-order chi connectivity index (χ1) is 11.8. The molecule has 1 aliphatic rings. The van der Waals surface area contributed by atoms with Gasteiger partial charge in [-0.25, -0.2) is 0 Å². The average molecular weight is 322 g/mol. The van der Waals surface area contributed by atoms with Crippen molar-refractivity contribution in [2.45, 2.75) is 19.4 Å². The maximum absolute atomic E-state index is 12.7. The Balaban J connectivity index is 1.63. The summed E-state index contributed by atoms with van der Waals surface area (Å²) in [5, 5.41) is 18.1. The van der Waals surface area contributed by atoms with E-state index in [0.29, 0.717) is 30.5 Å². The van der Waals surface area contributed by atoms with Gasteiger partial charge in [0.1, 0.15) is 5.69 Å². The number of aromatic nitrogens is 5. The van der Waals surface area contributed by atoms with Crippen molar-refractivity contribution in [2.24, 2.45) is 5.92 Å². The summed E-state index contributed by atoms with van der Waals surface area (Å²) < 4.78 is 1.93. The Morgan fingerprint density at radius 2 is 2.29 bits per heavy atom. The van der Waals surface area contributed by atoms with Crippen molar-refractivity contribution < 1.29 is 4.79 Å². The van der Waals surface area contributed by atoms with Gasteiger partial charge < -0.3 is 9.88 Å². The highest BCUT2D eigenvalue weighted by Crippen LogP contribution is 2.21. The van der Waals surface area contributed by atoms with Gasteiger partial charge in [0.15, 0.2) is 5.82 Å². The second-order valence-electron chi connectivity index (χ2n) is 5.98. The quantitative estimate of drug-likeness (QED) is 0.702. The maximum atomic E-state index is 12.7. The summed E-state index contributed by atoms with van der Waals surface area (Å²) >= 11 is 0. The molecule has 0 saturated carbocycles. The lowest BCUT2D eigenvalue weighted by molar-refractivity contribution is 0.0941. The third-order valence-corrected chi connectivity index (χ3v) is 4.37. The normalized spacial score (nSPS) is 16.8. The number of fused-ring (bicyclic) bond motifs is 1. The molecule has 0 radical (unpaired) electrons. The van der Waals surface area contributed by atoms with E-state index >= 15 is 0 Å². The highest BCUT2D eigenvalue weighted by atomic mass is 16.1. The molecule has 7 nitrogen and oxygen atoms in total. The van der Waals surface area contributed by atoms with Crippen LogP contribution in [-0.4, -0.2) is 37.6 Å². The van der Waals surface area contributed by atoms with Gasteiger partial charge in [-0.05, 0) is 30.9 Å². The molecule has 0 fully saturated rings. The van der Waals surface area contributed by atoms with Crippen LogP contribution in [0.4, 0.5) is 0 Å². The average Bonchev–Trinajstić information content (AvgIpc) is 3.35. The summed E-state index contributed by atoms with van der Waals surface area (Å²) in [6.07, 6.45) is 6.55. The Bertz CT molecular complexity index is 880. The Labute approximate surface area is 138 Å². The fourth-order valence-electron chi connectivity index (χ4n) is 3.14. The summed E-state index contributed by atoms with van der Waals surface area (Å²) in [5.74, 6) is 0.906. The highest BCUT2D eigenvalue weighted by Gasteiger charge is 2.18. The molecule has 1 aliphatic carbocycles. The van der Waals surface area contributed by atoms with E-state index in [4.69, 9.17) is 0 Å². The first-order valence-corrected chi connectivity index (χ1v) is 8.07. The van der Waals surface area contributed by atoms with Crippen molar-refractivity contribution in [3.8, 4) is 0 Å². The molecule has 4 rings (SSSR count). The van der Waals surface area contributed by atoms with Crippen LogP contribution in [0.15, 0.2) is 42.5 Å². The number of aromatic amines is 1. The zero-order valence-electron chi connectivity index (χ0n) is 13.1. The second kappa shape index (κ2) is 6.27. The minimum atomic E-state index is -0.0741. The van der Waals surface area contributed by atoms with Crippen LogP contribution < -0.4 is 5.32 Å². The molecule has 0 bridgehead atoms. The number of H-pyrrole nitrogens is 1. The highest BCUT2D eigenvalue weighted by molar-refractivity contribution is 5.98. The summed E-state index contributed by atoms with van der Waals surface area (Å²) in [6, 6.07) is 9.83. The van der Waals surface area contributed by atoms with Gasteiger partial charge in [-0.15, -0.1) is 10.2 Å². The predicted octanol–water partition coefficient (Wildman–Crippen LogP) is 1.90. The van der Waals surface area contributed by atoms with Crippen LogP contribution in [-0.2, 0) is 6.54 Å². The van der Waals surface area contributed by atoms with E-state index in [0.717, 1.165) is 23.7 Å². The maximum Gasteiger partial charge on any atom is 0.267 e. The minimum absolute atomic E-state index is 0.0741. The number of carbonyl (C=O) groups excluding carboxylic acids is 1. The SMILES string of the molecule is O=C(NCC1C=CCC1)c1cc2ccccc2n1Cc1nn[nH]n1. The monoisotopic (exact) mass is 322 g/mol. The fraction of sp³-hybridized carbons (Fsp3) is 0.294. The molecule has 1 unspecified atom stereocenters. The van der Waals surface area contributed by atoms with Gasteiger partial charge in [0.2, 0.25) is 0 Å². The van der Waals surface area contributed by atoms with E-state index in [1.807, 2.05) is 34.9 Å². The molecular weight excluding hydrogens is 304 g/mol. The smallest absolute Gasteiger partial charge is 0.267 e. The topological polar surface area (TPSA) is 88.5 Å². The van der Waals surface area contributed by atoms with Crippen molar-refractivity contribution in [1.82, 2.24) is 30.5 Å². The largest absolute Gasteiger partial charge is 0.350 e. The molecule has 0 aliphatic heterocycles. The van der Waals surface area contributed by atoms with Crippen LogP contribution in [0.3, 0.4) is 0 Å². The van der Waals surface area contributed by atoms with Gasteiger partial charge in [0, 0.05) is 17.4 Å². The van der Waals surface area contributed by atoms with E-state index in [9.17, 15) is 4.79 Å². The van der Waals surface area contributed by atoms with Gasteiger partial charge in [-0.3, -0.25) is 4.79 Å². The lowest BCUT2D eigenvalue weighted by Gasteiger charge is -2.11. The van der Waals surface area contributed by atoms with Crippen molar-refractivity contribution >= 4 is 16.8 Å². The number of benzene rings is 1. The predicted molar refractivity (Wildman–Crippen MR) is 89.4 cm³/mol. The molecule has 2 aromatic heterocycles. The van der Waals surface area contributed by atoms with Crippen molar-refractivity contribution in [3.05, 3.63) is 54.0 Å². The molecule has 7 heteroatoms. The lowest BCUT2D eigenvalue weighted by Crippen LogP contribution is -2.30. The van der Waals surface area contributed by atoms with E-state index < -0.39 is 0 Å². The van der Waals surface area contributed by atoms with Crippen LogP contribution in [0.2, 0.25) is 0 Å². The zero-order chi connectivity index (χ0) is 16.4. The molecule has 1 aromatic carbocycles. The molecule has 0 spiro atoms. The standard InChI is InChI=1S/C17H18N6O/c24-17(18-10-12-5-1-2-6-12)15-9-13-7-3-4-8-14(13)23(15)11-16-19-21-22-20-16/h1,3-5,7-9,12H,2,6,10-11H2,(H,18,24)(H,19,20,21,22). The van der Waals surface area contributed by atoms with Gasteiger partial charge in [-0.2, -0.15) is 5.21 Å². The third kappa shape index (κ3) is 2.80. The van der Waals surface area contributed by atoms with Gasteiger partial charge in [-0.1, -0.05) is 35.6 Å². The lowest BCUT2D eigenvalue weighted by atomic mass is 10.1. The van der Waals surface area contributed by atoms with Crippen LogP contribution in [0.25, 0.3) is 10.9 Å². The second-order valence-corrected chi connectivity index (χ2v) is 5.98. The van der Waals surface area contributed by atoms with Crippen LogP contribution in [0.5, 0.6) is 0 Å². The first kappa shape index (κ1) is 14.6. The van der Waals surface area contributed by atoms with Gasteiger partial charge in [0.05, 0.1) is 6.54 Å². The molecule has 122 valence electrons. The first-order valence-electron chi connectivity index (χ1n) is 8.07. The fourth-order valence-corrected chi connectivity index (χ4v) is 3.14. The molecule has 3 aromatic rings. The van der Waals surface area contributed by atoms with Crippen LogP contribution in [0.1, 0.15) is 29.2 Å². The summed E-state index contributed by atoms with van der Waals surface area (Å²) in [5.41, 5.74) is 1.59. The van der Waals surface area contributed by atoms with Crippen molar-refractivity contribution in [3.63, 3.8) is 0 Å². The number of nitrogens with zero attached hydrogens (tertiary/aromatic N) is 4. The summed E-state index contributed by atoms with van der Waals surface area (Å²) in [7, 11) is 0. The van der Waals surface area contributed by atoms with Crippen molar-refractivity contribution in [1.29, 1.82) is 0 Å². The molecule has 24 heavy (non-hydrogen) atoms. The number of hydrogen-bond donors (Lipinski definition) is 2. The number of tetrazole rings is 1. The zero-order valence-corrected chi connectivity index (χ0v) is 13.1. The molecule has 1 atom stereocenters. The Kier molecular flexibility index (Phi) is 3.82. The van der Waals surface area contributed by atoms with E-state index in [1.165, 1.54) is 0 Å². The van der Waals surface area contributed by atoms with Crippen molar-refractivity contribution in [2.75, 3.05) is 6.54 Å². The van der Waals surface area contributed by atoms with Gasteiger partial charge >= 0.3 is 0 Å². The van der Waals surface area contributed by atoms with Gasteiger partial charge in [0.25, 0.3) is 5.91 Å². The van der Waals surface area contributed by atoms with Crippen LogP contribution >= 0.6 is 0 Å². The summed E-state index contributed by atoms with van der Waals surface area (Å²) in [4.78, 5) is 12.7. The van der Waals surface area contributed by atoms with E-state index in [1.54, 1.807) is 0 Å².